The molecular formula is C10H13N5O. The van der Waals surface area contributed by atoms with Gasteiger partial charge in [-0.3, -0.25) is 4.79 Å². The summed E-state index contributed by atoms with van der Waals surface area (Å²) in [5.41, 5.74) is 0.272. The molecule has 0 bridgehead atoms. The molecule has 0 spiro atoms. The third-order valence-electron chi connectivity index (χ3n) is 1.80. The molecule has 1 aromatic heterocycles. The Bertz CT molecular complexity index is 381. The highest BCUT2D eigenvalue weighted by Gasteiger charge is 1.99. The molecule has 0 aliphatic heterocycles. The van der Waals surface area contributed by atoms with Crippen molar-refractivity contribution in [2.45, 2.75) is 13.3 Å². The number of hydrogen-bond donors (Lipinski definition) is 2. The van der Waals surface area contributed by atoms with Crippen molar-refractivity contribution in [3.8, 4) is 6.07 Å². The van der Waals surface area contributed by atoms with E-state index in [0.717, 1.165) is 0 Å². The Labute approximate surface area is 93.7 Å². The lowest BCUT2D eigenvalue weighted by molar-refractivity contribution is -0.120. The van der Waals surface area contributed by atoms with Crippen molar-refractivity contribution in [2.24, 2.45) is 0 Å². The summed E-state index contributed by atoms with van der Waals surface area (Å²) in [4.78, 5) is 18.9. The van der Waals surface area contributed by atoms with Crippen molar-refractivity contribution in [1.82, 2.24) is 15.3 Å². The number of carbonyl (C=O) groups excluding carboxylic acids is 1. The maximum Gasteiger partial charge on any atom is 0.221 e. The van der Waals surface area contributed by atoms with E-state index in [4.69, 9.17) is 5.26 Å². The van der Waals surface area contributed by atoms with Crippen LogP contribution in [-0.2, 0) is 4.79 Å². The molecule has 0 saturated heterocycles. The van der Waals surface area contributed by atoms with Crippen LogP contribution in [0.25, 0.3) is 0 Å². The summed E-state index contributed by atoms with van der Waals surface area (Å²) >= 11 is 0. The third kappa shape index (κ3) is 3.92. The molecule has 0 saturated carbocycles. The lowest BCUT2D eigenvalue weighted by Crippen LogP contribution is -2.24. The van der Waals surface area contributed by atoms with Gasteiger partial charge in [0.05, 0.1) is 12.4 Å². The fourth-order valence-electron chi connectivity index (χ4n) is 1.07. The summed E-state index contributed by atoms with van der Waals surface area (Å²) in [5.74, 6) is 0.555. The Hall–Kier alpha value is -2.16. The first-order valence-corrected chi connectivity index (χ1v) is 4.99. The van der Waals surface area contributed by atoms with Gasteiger partial charge in [-0.05, 0) is 6.92 Å². The van der Waals surface area contributed by atoms with E-state index in [0.29, 0.717) is 25.3 Å². The topological polar surface area (TPSA) is 90.7 Å². The van der Waals surface area contributed by atoms with Gasteiger partial charge in [-0.25, -0.2) is 9.97 Å². The van der Waals surface area contributed by atoms with Crippen LogP contribution < -0.4 is 10.6 Å². The predicted octanol–water partition coefficient (Wildman–Crippen LogP) is 0.286. The van der Waals surface area contributed by atoms with Crippen molar-refractivity contribution < 1.29 is 4.79 Å². The van der Waals surface area contributed by atoms with Gasteiger partial charge in [-0.2, -0.15) is 5.26 Å². The van der Waals surface area contributed by atoms with E-state index < -0.39 is 0 Å². The zero-order valence-corrected chi connectivity index (χ0v) is 9.03. The number of carbonyl (C=O) groups is 1. The molecule has 84 valence electrons. The molecule has 6 heteroatoms. The van der Waals surface area contributed by atoms with E-state index in [2.05, 4.69) is 20.6 Å². The van der Waals surface area contributed by atoms with Gasteiger partial charge in [0.2, 0.25) is 5.91 Å². The average Bonchev–Trinajstić information content (AvgIpc) is 2.30. The van der Waals surface area contributed by atoms with Gasteiger partial charge in [0.1, 0.15) is 11.9 Å². The van der Waals surface area contributed by atoms with Gasteiger partial charge >= 0.3 is 0 Å². The molecule has 1 rings (SSSR count). The van der Waals surface area contributed by atoms with Crippen LogP contribution in [0.5, 0.6) is 0 Å². The molecule has 16 heavy (non-hydrogen) atoms. The molecule has 0 unspecified atom stereocenters. The lowest BCUT2D eigenvalue weighted by Gasteiger charge is -2.04. The SMILES string of the molecule is CCNC(=O)CCNc1cnc(C#N)cn1. The van der Waals surface area contributed by atoms with Gasteiger partial charge in [-0.1, -0.05) is 0 Å². The first-order valence-electron chi connectivity index (χ1n) is 4.99. The molecule has 0 radical (unpaired) electrons. The zero-order chi connectivity index (χ0) is 11.8. The number of hydrogen-bond acceptors (Lipinski definition) is 5. The van der Waals surface area contributed by atoms with Crippen LogP contribution in [0.1, 0.15) is 19.0 Å². The normalized spacial score (nSPS) is 9.25. The molecule has 0 aliphatic carbocycles. The van der Waals surface area contributed by atoms with Crippen molar-refractivity contribution in [3.63, 3.8) is 0 Å². The summed E-state index contributed by atoms with van der Waals surface area (Å²) in [6.07, 6.45) is 3.24. The van der Waals surface area contributed by atoms with Crippen molar-refractivity contribution in [3.05, 3.63) is 18.1 Å². The fourth-order valence-corrected chi connectivity index (χ4v) is 1.07. The summed E-state index contributed by atoms with van der Waals surface area (Å²) in [5, 5.41) is 14.1. The van der Waals surface area contributed by atoms with Crippen LogP contribution in [0, 0.1) is 11.3 Å². The molecule has 6 nitrogen and oxygen atoms in total. The minimum absolute atomic E-state index is 0.00314. The molecule has 1 aromatic rings. The fraction of sp³-hybridized carbons (Fsp3) is 0.400. The highest BCUT2D eigenvalue weighted by molar-refractivity contribution is 5.76. The summed E-state index contributed by atoms with van der Waals surface area (Å²) in [6.45, 7) is 3.00. The summed E-state index contributed by atoms with van der Waals surface area (Å²) < 4.78 is 0. The number of aromatic nitrogens is 2. The van der Waals surface area contributed by atoms with E-state index >= 15 is 0 Å². The number of rotatable bonds is 5. The number of nitriles is 1. The standard InChI is InChI=1S/C10H13N5O/c1-2-12-10(16)3-4-13-9-7-14-8(5-11)6-15-9/h6-7H,2-4H2,1H3,(H,12,16)(H,13,15). The lowest BCUT2D eigenvalue weighted by atomic mass is 10.4. The van der Waals surface area contributed by atoms with Crippen molar-refractivity contribution >= 4 is 11.7 Å². The number of nitrogens with zero attached hydrogens (tertiary/aromatic N) is 3. The van der Waals surface area contributed by atoms with Crippen LogP contribution in [-0.4, -0.2) is 29.0 Å². The van der Waals surface area contributed by atoms with E-state index in [9.17, 15) is 4.79 Å². The Morgan fingerprint density at radius 3 is 2.88 bits per heavy atom. The minimum Gasteiger partial charge on any atom is -0.368 e. The largest absolute Gasteiger partial charge is 0.368 e. The van der Waals surface area contributed by atoms with Gasteiger partial charge in [-0.15, -0.1) is 0 Å². The molecule has 0 aliphatic rings. The van der Waals surface area contributed by atoms with E-state index in [1.807, 2.05) is 13.0 Å². The van der Waals surface area contributed by atoms with Gasteiger partial charge in [0.25, 0.3) is 0 Å². The monoisotopic (exact) mass is 219 g/mol. The third-order valence-corrected chi connectivity index (χ3v) is 1.80. The molecule has 1 heterocycles. The first kappa shape index (κ1) is 11.9. The maximum absolute atomic E-state index is 11.1. The van der Waals surface area contributed by atoms with E-state index in [1.54, 1.807) is 0 Å². The van der Waals surface area contributed by atoms with Crippen molar-refractivity contribution in [2.75, 3.05) is 18.4 Å². The van der Waals surface area contributed by atoms with Crippen LogP contribution in [0.2, 0.25) is 0 Å². The highest BCUT2D eigenvalue weighted by atomic mass is 16.1. The van der Waals surface area contributed by atoms with Crippen LogP contribution in [0.4, 0.5) is 5.82 Å². The molecular weight excluding hydrogens is 206 g/mol. The summed E-state index contributed by atoms with van der Waals surface area (Å²) in [7, 11) is 0. The van der Waals surface area contributed by atoms with Gasteiger partial charge < -0.3 is 10.6 Å². The Balaban J connectivity index is 2.32. The second-order valence-corrected chi connectivity index (χ2v) is 3.03. The number of nitrogens with one attached hydrogen (secondary N) is 2. The Morgan fingerprint density at radius 1 is 1.50 bits per heavy atom. The van der Waals surface area contributed by atoms with E-state index in [1.165, 1.54) is 12.4 Å². The van der Waals surface area contributed by atoms with Crippen LogP contribution in [0.15, 0.2) is 12.4 Å². The Kier molecular flexibility index (Phi) is 4.73. The molecule has 0 atom stereocenters. The second-order valence-electron chi connectivity index (χ2n) is 3.03. The maximum atomic E-state index is 11.1. The Morgan fingerprint density at radius 2 is 2.31 bits per heavy atom. The molecule has 0 aromatic carbocycles. The zero-order valence-electron chi connectivity index (χ0n) is 9.03. The van der Waals surface area contributed by atoms with Crippen molar-refractivity contribution in [1.29, 1.82) is 5.26 Å². The summed E-state index contributed by atoms with van der Waals surface area (Å²) in [6, 6.07) is 1.88. The highest BCUT2D eigenvalue weighted by Crippen LogP contribution is 1.99. The van der Waals surface area contributed by atoms with Crippen LogP contribution >= 0.6 is 0 Å². The first-order chi connectivity index (χ1) is 7.76. The smallest absolute Gasteiger partial charge is 0.221 e. The average molecular weight is 219 g/mol. The van der Waals surface area contributed by atoms with Gasteiger partial charge in [0, 0.05) is 19.5 Å². The molecule has 0 fully saturated rings. The minimum atomic E-state index is -0.00314. The second kappa shape index (κ2) is 6.35. The quantitative estimate of drug-likeness (QED) is 0.742. The van der Waals surface area contributed by atoms with E-state index in [-0.39, 0.29) is 11.6 Å². The molecule has 2 N–H and O–H groups in total. The van der Waals surface area contributed by atoms with Crippen LogP contribution in [0.3, 0.4) is 0 Å². The number of amides is 1. The number of anilines is 1. The predicted molar refractivity (Wildman–Crippen MR) is 58.5 cm³/mol. The van der Waals surface area contributed by atoms with Gasteiger partial charge in [0.15, 0.2) is 5.69 Å². The molecule has 1 amide bonds.